The lowest BCUT2D eigenvalue weighted by atomic mass is 10.2. The van der Waals surface area contributed by atoms with Crippen molar-refractivity contribution in [3.8, 4) is 5.69 Å². The summed E-state index contributed by atoms with van der Waals surface area (Å²) < 4.78 is 4.06. The van der Waals surface area contributed by atoms with Gasteiger partial charge in [0.15, 0.2) is 0 Å². The van der Waals surface area contributed by atoms with E-state index in [4.69, 9.17) is 12.2 Å². The summed E-state index contributed by atoms with van der Waals surface area (Å²) in [6.45, 7) is 6.72. The van der Waals surface area contributed by atoms with Crippen LogP contribution in [0.15, 0.2) is 35.2 Å². The topological polar surface area (TPSA) is 25.2 Å². The summed E-state index contributed by atoms with van der Waals surface area (Å²) in [7, 11) is 0. The van der Waals surface area contributed by atoms with Gasteiger partial charge in [0.25, 0.3) is 5.91 Å². The highest BCUT2D eigenvalue weighted by Crippen LogP contribution is 2.33. The van der Waals surface area contributed by atoms with Crippen LogP contribution in [0.1, 0.15) is 23.9 Å². The van der Waals surface area contributed by atoms with Crippen LogP contribution in [0.4, 0.5) is 0 Å². The van der Waals surface area contributed by atoms with Gasteiger partial charge < -0.3 is 4.57 Å². The van der Waals surface area contributed by atoms with Gasteiger partial charge in [0, 0.05) is 27.2 Å². The highest BCUT2D eigenvalue weighted by Gasteiger charge is 2.30. The van der Waals surface area contributed by atoms with E-state index in [1.807, 2.05) is 13.0 Å². The van der Waals surface area contributed by atoms with Crippen LogP contribution in [0.5, 0.6) is 0 Å². The van der Waals surface area contributed by atoms with Gasteiger partial charge in [0.05, 0.1) is 4.91 Å². The molecular formula is C18H17IN2OS2. The first kappa shape index (κ1) is 17.7. The smallest absolute Gasteiger partial charge is 0.266 e. The summed E-state index contributed by atoms with van der Waals surface area (Å²) in [6.07, 6.45) is 1.96. The van der Waals surface area contributed by atoms with Crippen LogP contribution >= 0.6 is 46.6 Å². The van der Waals surface area contributed by atoms with Crippen LogP contribution in [0.2, 0.25) is 0 Å². The number of aryl methyl sites for hydroxylation is 1. The molecule has 6 heteroatoms. The van der Waals surface area contributed by atoms with E-state index in [-0.39, 0.29) is 5.91 Å². The maximum atomic E-state index is 12.4. The number of thioether (sulfide) groups is 1. The second kappa shape index (κ2) is 7.01. The number of likely N-dealkylation sites (N-methyl/N-ethyl adjacent to an activating group) is 1. The molecule has 0 unspecified atom stereocenters. The molecule has 124 valence electrons. The number of hydrogen-bond donors (Lipinski definition) is 0. The Morgan fingerprint density at radius 1 is 1.25 bits per heavy atom. The van der Waals surface area contributed by atoms with E-state index in [2.05, 4.69) is 71.3 Å². The third kappa shape index (κ3) is 3.19. The average molecular weight is 468 g/mol. The fourth-order valence-corrected chi connectivity index (χ4v) is 4.57. The Labute approximate surface area is 165 Å². The van der Waals surface area contributed by atoms with Crippen LogP contribution in [0.3, 0.4) is 0 Å². The summed E-state index contributed by atoms with van der Waals surface area (Å²) in [6, 6.07) is 10.5. The molecule has 0 bridgehead atoms. The molecule has 3 rings (SSSR count). The number of carbonyl (C=O) groups is 1. The zero-order chi connectivity index (χ0) is 17.4. The van der Waals surface area contributed by atoms with Gasteiger partial charge in [-0.1, -0.05) is 24.0 Å². The molecule has 1 aliphatic heterocycles. The molecule has 0 atom stereocenters. The Morgan fingerprint density at radius 3 is 2.50 bits per heavy atom. The molecule has 3 nitrogen and oxygen atoms in total. The summed E-state index contributed by atoms with van der Waals surface area (Å²) in [5.41, 5.74) is 4.45. The highest BCUT2D eigenvalue weighted by molar-refractivity contribution is 14.1. The SMILES string of the molecule is CCN1C(=O)/C(=C\c2cc(C)n(-c3ccc(I)cc3)c2C)SC1=S. The number of carbonyl (C=O) groups excluding carboxylic acids is 1. The summed E-state index contributed by atoms with van der Waals surface area (Å²) in [5, 5.41) is 0. The number of rotatable bonds is 3. The molecule has 0 saturated carbocycles. The van der Waals surface area contributed by atoms with Crippen LogP contribution in [-0.4, -0.2) is 26.2 Å². The normalized spacial score (nSPS) is 16.5. The molecule has 0 spiro atoms. The molecule has 0 radical (unpaired) electrons. The molecule has 1 amide bonds. The lowest BCUT2D eigenvalue weighted by molar-refractivity contribution is -0.121. The Kier molecular flexibility index (Phi) is 5.17. The predicted molar refractivity (Wildman–Crippen MR) is 114 cm³/mol. The first-order chi connectivity index (χ1) is 11.4. The fourth-order valence-electron chi connectivity index (χ4n) is 2.84. The molecule has 2 heterocycles. The van der Waals surface area contributed by atoms with Gasteiger partial charge in [-0.15, -0.1) is 0 Å². The zero-order valence-electron chi connectivity index (χ0n) is 13.7. The largest absolute Gasteiger partial charge is 0.318 e. The Hall–Kier alpha value is -1.12. The van der Waals surface area contributed by atoms with Gasteiger partial charge in [-0.2, -0.15) is 0 Å². The number of benzene rings is 1. The van der Waals surface area contributed by atoms with E-state index < -0.39 is 0 Å². The maximum Gasteiger partial charge on any atom is 0.266 e. The maximum absolute atomic E-state index is 12.4. The molecule has 1 saturated heterocycles. The Morgan fingerprint density at radius 2 is 1.92 bits per heavy atom. The standard InChI is InChI=1S/C18H17IN2OS2/c1-4-20-17(22)16(24-18(20)23)10-13-9-11(2)21(12(13)3)15-7-5-14(19)6-8-15/h5-10H,4H2,1-3H3/b16-10+. The van der Waals surface area contributed by atoms with Crippen LogP contribution in [0.25, 0.3) is 11.8 Å². The van der Waals surface area contributed by atoms with Gasteiger partial charge in [0.1, 0.15) is 4.32 Å². The molecule has 1 fully saturated rings. The number of halogens is 1. The van der Waals surface area contributed by atoms with Gasteiger partial charge in [-0.25, -0.2) is 0 Å². The monoisotopic (exact) mass is 468 g/mol. The first-order valence-electron chi connectivity index (χ1n) is 7.62. The molecule has 0 N–H and O–H groups in total. The predicted octanol–water partition coefficient (Wildman–Crippen LogP) is 4.92. The van der Waals surface area contributed by atoms with Crippen molar-refractivity contribution in [2.75, 3.05) is 6.54 Å². The second-order valence-corrected chi connectivity index (χ2v) is 8.49. The highest BCUT2D eigenvalue weighted by atomic mass is 127. The van der Waals surface area contributed by atoms with Gasteiger partial charge in [0.2, 0.25) is 0 Å². The number of thiocarbonyl (C=S) groups is 1. The number of nitrogens with zero attached hydrogens (tertiary/aromatic N) is 2. The van der Waals surface area contributed by atoms with E-state index in [0.717, 1.165) is 22.6 Å². The van der Waals surface area contributed by atoms with Crippen LogP contribution in [-0.2, 0) is 4.79 Å². The minimum absolute atomic E-state index is 0.00608. The van der Waals surface area contributed by atoms with Crippen molar-refractivity contribution < 1.29 is 4.79 Å². The third-order valence-corrected chi connectivity index (χ3v) is 6.13. The van der Waals surface area contributed by atoms with Crippen molar-refractivity contribution in [3.05, 3.63) is 55.8 Å². The van der Waals surface area contributed by atoms with Crippen LogP contribution in [0, 0.1) is 17.4 Å². The van der Waals surface area contributed by atoms with Crippen molar-refractivity contribution in [1.82, 2.24) is 9.47 Å². The van der Waals surface area contributed by atoms with E-state index in [1.54, 1.807) is 4.90 Å². The molecule has 24 heavy (non-hydrogen) atoms. The van der Waals surface area contributed by atoms with Crippen molar-refractivity contribution in [1.29, 1.82) is 0 Å². The molecule has 2 aromatic rings. The second-order valence-electron chi connectivity index (χ2n) is 5.56. The van der Waals surface area contributed by atoms with E-state index in [9.17, 15) is 4.79 Å². The van der Waals surface area contributed by atoms with E-state index >= 15 is 0 Å². The Bertz CT molecular complexity index is 853. The van der Waals surface area contributed by atoms with Gasteiger partial charge in [-0.05, 0) is 85.3 Å². The minimum Gasteiger partial charge on any atom is -0.318 e. The number of amides is 1. The molecule has 1 aromatic carbocycles. The van der Waals surface area contributed by atoms with Crippen molar-refractivity contribution >= 4 is 62.9 Å². The van der Waals surface area contributed by atoms with Crippen molar-refractivity contribution in [2.24, 2.45) is 0 Å². The molecule has 0 aliphatic carbocycles. The molecule has 1 aromatic heterocycles. The average Bonchev–Trinajstić information content (AvgIpc) is 2.97. The quantitative estimate of drug-likeness (QED) is 0.363. The minimum atomic E-state index is 0.00608. The summed E-state index contributed by atoms with van der Waals surface area (Å²) in [4.78, 5) is 14.7. The number of aromatic nitrogens is 1. The van der Waals surface area contributed by atoms with E-state index in [0.29, 0.717) is 15.8 Å². The lowest BCUT2D eigenvalue weighted by Crippen LogP contribution is -2.27. The first-order valence-corrected chi connectivity index (χ1v) is 9.93. The van der Waals surface area contributed by atoms with Crippen molar-refractivity contribution in [2.45, 2.75) is 20.8 Å². The van der Waals surface area contributed by atoms with Gasteiger partial charge >= 0.3 is 0 Å². The Balaban J connectivity index is 2.01. The fraction of sp³-hybridized carbons (Fsp3) is 0.222. The number of hydrogen-bond acceptors (Lipinski definition) is 3. The molecule has 1 aliphatic rings. The lowest BCUT2D eigenvalue weighted by Gasteiger charge is -2.10. The summed E-state index contributed by atoms with van der Waals surface area (Å²) in [5.74, 6) is 0.00608. The zero-order valence-corrected chi connectivity index (χ0v) is 17.5. The van der Waals surface area contributed by atoms with Crippen LogP contribution < -0.4 is 0 Å². The van der Waals surface area contributed by atoms with E-state index in [1.165, 1.54) is 15.3 Å². The van der Waals surface area contributed by atoms with Gasteiger partial charge in [-0.3, -0.25) is 9.69 Å². The third-order valence-electron chi connectivity index (χ3n) is 4.03. The molecular weight excluding hydrogens is 451 g/mol. The summed E-state index contributed by atoms with van der Waals surface area (Å²) >= 11 is 8.97. The van der Waals surface area contributed by atoms with Crippen molar-refractivity contribution in [3.63, 3.8) is 0 Å².